The van der Waals surface area contributed by atoms with Crippen LogP contribution in [0.4, 0.5) is 99.2 Å². The molecule has 0 saturated carbocycles. The number of hydrogen-bond donors (Lipinski definition) is 2. The third-order valence-corrected chi connectivity index (χ3v) is 8.12. The molecule has 0 atom stereocenters. The third kappa shape index (κ3) is 7.48. The van der Waals surface area contributed by atoms with E-state index in [1.54, 1.807) is 0 Å². The number of alkyl halides is 20. The normalized spacial score (nSPS) is 14.1. The van der Waals surface area contributed by atoms with Gasteiger partial charge in [0.25, 0.3) is 0 Å². The Balaban J connectivity index is 1.71. The van der Waals surface area contributed by atoms with E-state index in [0.29, 0.717) is 48.5 Å². The number of halogens is 20. The van der Waals surface area contributed by atoms with E-state index in [-0.39, 0.29) is 36.4 Å². The van der Waals surface area contributed by atoms with Crippen molar-refractivity contribution in [2.75, 3.05) is 11.5 Å². The number of hydrogen-bond acceptors (Lipinski definition) is 4. The highest BCUT2D eigenvalue weighted by Gasteiger charge is 2.75. The van der Waals surface area contributed by atoms with Crippen molar-refractivity contribution in [3.63, 3.8) is 0 Å². The predicted octanol–water partition coefficient (Wildman–Crippen LogP) is 12.4. The first-order valence-electron chi connectivity index (χ1n) is 14.8. The molecule has 0 spiro atoms. The van der Waals surface area contributed by atoms with Crippen molar-refractivity contribution in [3.8, 4) is 23.0 Å². The molecule has 57 heavy (non-hydrogen) atoms. The summed E-state index contributed by atoms with van der Waals surface area (Å²) in [5, 5.41) is 0. The van der Waals surface area contributed by atoms with E-state index in [1.165, 1.54) is 0 Å². The van der Waals surface area contributed by atoms with Gasteiger partial charge >= 0.3 is 48.4 Å². The molecule has 0 aliphatic rings. The fourth-order valence-corrected chi connectivity index (χ4v) is 5.24. The SMILES string of the molecule is Nc1ccc(Oc2ccc(C(c3ccc(Oc4ccc(N)c(C(F)(F)C(F)(F)C(F)(F)F)c4)cc3)(C(F)(F)F)C(F)(F)F)cc2)cc1C(F)(F)C(F)(F)C(F)(F)F. The van der Waals surface area contributed by atoms with Gasteiger partial charge < -0.3 is 20.9 Å². The van der Waals surface area contributed by atoms with Crippen LogP contribution in [0, 0.1) is 0 Å². The van der Waals surface area contributed by atoms with Gasteiger partial charge in [-0.25, -0.2) is 0 Å². The number of nitrogens with two attached hydrogens (primary N) is 2. The molecule has 4 aromatic carbocycles. The van der Waals surface area contributed by atoms with Crippen LogP contribution in [0.2, 0.25) is 0 Å². The Morgan fingerprint density at radius 2 is 0.596 bits per heavy atom. The van der Waals surface area contributed by atoms with E-state index in [0.717, 1.165) is 0 Å². The van der Waals surface area contributed by atoms with Crippen LogP contribution in [-0.4, -0.2) is 36.6 Å². The number of rotatable bonds is 10. The lowest BCUT2D eigenvalue weighted by Crippen LogP contribution is -2.54. The zero-order valence-electron chi connectivity index (χ0n) is 27.1. The molecule has 4 nitrogen and oxygen atoms in total. The molecule has 0 fully saturated rings. The molecular weight excluding hydrogens is 836 g/mol. The summed E-state index contributed by atoms with van der Waals surface area (Å²) in [6, 6.07) is 4.30. The second-order valence-electron chi connectivity index (χ2n) is 11.8. The molecule has 0 aromatic heterocycles. The average molecular weight is 854 g/mol. The summed E-state index contributed by atoms with van der Waals surface area (Å²) in [5.41, 5.74) is -4.57. The van der Waals surface area contributed by atoms with Gasteiger partial charge in [0.15, 0.2) is 0 Å². The van der Waals surface area contributed by atoms with Crippen LogP contribution >= 0.6 is 0 Å². The van der Waals surface area contributed by atoms with Crippen molar-refractivity contribution in [3.05, 3.63) is 107 Å². The molecule has 4 aromatic rings. The van der Waals surface area contributed by atoms with Gasteiger partial charge in [0.1, 0.15) is 23.0 Å². The minimum Gasteiger partial charge on any atom is -0.457 e. The van der Waals surface area contributed by atoms with E-state index in [2.05, 4.69) is 0 Å². The zero-order valence-corrected chi connectivity index (χ0v) is 27.1. The lowest BCUT2D eigenvalue weighted by atomic mass is 9.73. The summed E-state index contributed by atoms with van der Waals surface area (Å²) in [5.74, 6) is -28.8. The second-order valence-corrected chi connectivity index (χ2v) is 11.8. The monoisotopic (exact) mass is 854 g/mol. The number of nitrogen functional groups attached to an aromatic ring is 2. The van der Waals surface area contributed by atoms with Crippen LogP contribution in [0.25, 0.3) is 0 Å². The smallest absolute Gasteiger partial charge is 0.457 e. The molecule has 0 unspecified atom stereocenters. The Morgan fingerprint density at radius 1 is 0.333 bits per heavy atom. The van der Waals surface area contributed by atoms with Crippen LogP contribution < -0.4 is 20.9 Å². The maximum absolute atomic E-state index is 14.7. The third-order valence-electron chi connectivity index (χ3n) is 8.12. The van der Waals surface area contributed by atoms with Gasteiger partial charge in [0, 0.05) is 11.4 Å². The Morgan fingerprint density at radius 3 is 0.842 bits per heavy atom. The highest BCUT2D eigenvalue weighted by Crippen LogP contribution is 2.58. The molecule has 0 radical (unpaired) electrons. The molecule has 0 saturated heterocycles. The van der Waals surface area contributed by atoms with Gasteiger partial charge in [-0.15, -0.1) is 0 Å². The molecule has 0 bridgehead atoms. The molecular formula is C33H18F20N2O2. The molecule has 0 heterocycles. The van der Waals surface area contributed by atoms with Gasteiger partial charge in [-0.2, -0.15) is 87.8 Å². The molecule has 4 rings (SSSR count). The Hall–Kier alpha value is -5.32. The summed E-state index contributed by atoms with van der Waals surface area (Å²) in [7, 11) is 0. The highest BCUT2D eigenvalue weighted by atomic mass is 19.4. The Labute approximate surface area is 304 Å². The van der Waals surface area contributed by atoms with E-state index in [4.69, 9.17) is 20.9 Å². The second kappa shape index (κ2) is 14.0. The molecule has 312 valence electrons. The quantitative estimate of drug-likeness (QED) is 0.123. The Bertz CT molecular complexity index is 1920. The van der Waals surface area contributed by atoms with Crippen LogP contribution in [-0.2, 0) is 17.3 Å². The minimum absolute atomic E-state index is 0.0726. The largest absolute Gasteiger partial charge is 0.460 e. The van der Waals surface area contributed by atoms with E-state index >= 15 is 0 Å². The summed E-state index contributed by atoms with van der Waals surface area (Å²) < 4.78 is 286. The highest BCUT2D eigenvalue weighted by molar-refractivity contribution is 5.56. The fourth-order valence-electron chi connectivity index (χ4n) is 5.24. The Kier molecular flexibility index (Phi) is 10.9. The van der Waals surface area contributed by atoms with Crippen molar-refractivity contribution in [2.24, 2.45) is 0 Å². The van der Waals surface area contributed by atoms with Gasteiger partial charge in [-0.1, -0.05) is 24.3 Å². The number of ether oxygens (including phenoxy) is 2. The van der Waals surface area contributed by atoms with Crippen LogP contribution in [0.3, 0.4) is 0 Å². The summed E-state index contributed by atoms with van der Waals surface area (Å²) >= 11 is 0. The van der Waals surface area contributed by atoms with Crippen LogP contribution in [0.15, 0.2) is 84.9 Å². The molecule has 24 heteroatoms. The van der Waals surface area contributed by atoms with E-state index < -0.39 is 110 Å². The van der Waals surface area contributed by atoms with Crippen molar-refractivity contribution in [1.29, 1.82) is 0 Å². The number of benzene rings is 4. The van der Waals surface area contributed by atoms with Gasteiger partial charge in [-0.05, 0) is 71.8 Å². The van der Waals surface area contributed by atoms with Crippen molar-refractivity contribution in [2.45, 2.75) is 53.8 Å². The van der Waals surface area contributed by atoms with Crippen LogP contribution in [0.1, 0.15) is 22.3 Å². The summed E-state index contributed by atoms with van der Waals surface area (Å²) in [6.07, 6.45) is -26.1. The topological polar surface area (TPSA) is 70.5 Å². The lowest BCUT2D eigenvalue weighted by Gasteiger charge is -2.38. The first-order chi connectivity index (χ1) is 25.6. The maximum Gasteiger partial charge on any atom is 0.460 e. The fraction of sp³-hybridized carbons (Fsp3) is 0.273. The van der Waals surface area contributed by atoms with Gasteiger partial charge in [-0.3, -0.25) is 0 Å². The van der Waals surface area contributed by atoms with E-state index in [9.17, 15) is 87.8 Å². The molecule has 0 aliphatic carbocycles. The molecule has 0 amide bonds. The van der Waals surface area contributed by atoms with Crippen molar-refractivity contribution >= 4 is 11.4 Å². The zero-order chi connectivity index (χ0) is 43.6. The lowest BCUT2D eigenvalue weighted by molar-refractivity contribution is -0.359. The molecule has 4 N–H and O–H groups in total. The van der Waals surface area contributed by atoms with Crippen LogP contribution in [0.5, 0.6) is 23.0 Å². The van der Waals surface area contributed by atoms with E-state index in [1.807, 2.05) is 0 Å². The number of anilines is 2. The van der Waals surface area contributed by atoms with Crippen molar-refractivity contribution in [1.82, 2.24) is 0 Å². The molecule has 0 aliphatic heterocycles. The first-order valence-corrected chi connectivity index (χ1v) is 14.8. The maximum atomic E-state index is 14.7. The summed E-state index contributed by atoms with van der Waals surface area (Å²) in [6.45, 7) is 0. The van der Waals surface area contributed by atoms with Crippen molar-refractivity contribution < 1.29 is 97.3 Å². The minimum atomic E-state index is -6.78. The van der Waals surface area contributed by atoms with Gasteiger partial charge in [0.05, 0.1) is 11.1 Å². The first kappa shape index (κ1) is 44.4. The predicted molar refractivity (Wildman–Crippen MR) is 157 cm³/mol. The standard InChI is InChI=1S/C33H18F20N2O2/c34-26(35,28(38,39)32(48,49)50)21-13-19(9-11-23(21)54)56-17-5-1-15(2-6-17)25(30(42,43)44,31(45,46)47)16-3-7-18(8-4-16)57-20-10-12-24(55)22(14-20)27(36,37)29(40,41)33(51,52)53/h1-14H,54-55H2. The summed E-state index contributed by atoms with van der Waals surface area (Å²) in [4.78, 5) is 0. The van der Waals surface area contributed by atoms with Gasteiger partial charge in [0.2, 0.25) is 5.41 Å². The average Bonchev–Trinajstić information content (AvgIpc) is 3.05.